The minimum Gasteiger partial charge on any atom is -0.454 e. The number of H-pyrrole nitrogens is 1. The number of aromatic nitrogens is 3. The SMILES string of the molecule is Nc1[nH]n2c(=O)c3c(nc2c1N=Nc1ccc2c(c1)OCO2)CCCC3. The van der Waals surface area contributed by atoms with E-state index in [4.69, 9.17) is 15.2 Å². The van der Waals surface area contributed by atoms with Gasteiger partial charge in [0.15, 0.2) is 22.8 Å². The first kappa shape index (κ1) is 14.9. The van der Waals surface area contributed by atoms with Gasteiger partial charge in [0, 0.05) is 11.6 Å². The molecule has 132 valence electrons. The molecule has 0 unspecified atom stereocenters. The minimum atomic E-state index is -0.110. The van der Waals surface area contributed by atoms with E-state index in [-0.39, 0.29) is 18.2 Å². The lowest BCUT2D eigenvalue weighted by atomic mass is 9.97. The van der Waals surface area contributed by atoms with Gasteiger partial charge in [0.2, 0.25) is 6.79 Å². The van der Waals surface area contributed by atoms with E-state index in [1.165, 1.54) is 4.52 Å². The lowest BCUT2D eigenvalue weighted by molar-refractivity contribution is 0.174. The van der Waals surface area contributed by atoms with Crippen molar-refractivity contribution >= 4 is 22.8 Å². The lowest BCUT2D eigenvalue weighted by Gasteiger charge is -2.13. The first-order valence-corrected chi connectivity index (χ1v) is 8.44. The zero-order valence-electron chi connectivity index (χ0n) is 13.9. The van der Waals surface area contributed by atoms with E-state index in [0.29, 0.717) is 28.5 Å². The molecule has 2 aromatic heterocycles. The van der Waals surface area contributed by atoms with E-state index >= 15 is 0 Å². The number of nitrogens with one attached hydrogen (secondary N) is 1. The average Bonchev–Trinajstić information content (AvgIpc) is 3.24. The summed E-state index contributed by atoms with van der Waals surface area (Å²) in [5, 5.41) is 11.3. The Bertz CT molecular complexity index is 1110. The van der Waals surface area contributed by atoms with Gasteiger partial charge < -0.3 is 15.2 Å². The zero-order chi connectivity index (χ0) is 17.7. The summed E-state index contributed by atoms with van der Waals surface area (Å²) in [5.41, 5.74) is 8.85. The van der Waals surface area contributed by atoms with Gasteiger partial charge in [0.1, 0.15) is 5.82 Å². The lowest BCUT2D eigenvalue weighted by Crippen LogP contribution is -2.24. The number of anilines is 1. The zero-order valence-corrected chi connectivity index (χ0v) is 13.9. The summed E-state index contributed by atoms with van der Waals surface area (Å²) in [6.07, 6.45) is 3.58. The highest BCUT2D eigenvalue weighted by Crippen LogP contribution is 2.36. The third kappa shape index (κ3) is 2.24. The van der Waals surface area contributed by atoms with Crippen LogP contribution in [0.15, 0.2) is 33.2 Å². The Morgan fingerprint density at radius 3 is 2.92 bits per heavy atom. The molecule has 3 heterocycles. The Balaban J connectivity index is 1.59. The molecule has 3 aromatic rings. The number of nitrogens with zero attached hydrogens (tertiary/aromatic N) is 4. The fourth-order valence-electron chi connectivity index (χ4n) is 3.36. The molecule has 2 aliphatic rings. The van der Waals surface area contributed by atoms with Crippen LogP contribution in [-0.4, -0.2) is 21.4 Å². The summed E-state index contributed by atoms with van der Waals surface area (Å²) in [7, 11) is 0. The standard InChI is InChI=1S/C17H16N6O3/c18-15-14(21-20-9-5-6-12-13(7-9)26-8-25-12)16-19-11-4-2-1-3-10(11)17(24)23(16)22-15/h5-7,22H,1-4,8,18H2. The normalized spacial score (nSPS) is 15.7. The number of rotatable bonds is 2. The van der Waals surface area contributed by atoms with Crippen LogP contribution in [0.5, 0.6) is 11.5 Å². The fourth-order valence-corrected chi connectivity index (χ4v) is 3.36. The second-order valence-electron chi connectivity index (χ2n) is 6.32. The molecule has 1 aromatic carbocycles. The highest BCUT2D eigenvalue weighted by atomic mass is 16.7. The molecular formula is C17H16N6O3. The molecular weight excluding hydrogens is 336 g/mol. The van der Waals surface area contributed by atoms with Crippen molar-refractivity contribution in [2.45, 2.75) is 25.7 Å². The Labute approximate surface area is 147 Å². The van der Waals surface area contributed by atoms with Gasteiger partial charge in [-0.1, -0.05) is 0 Å². The summed E-state index contributed by atoms with van der Waals surface area (Å²) < 4.78 is 12.0. The second kappa shape index (κ2) is 5.58. The van der Waals surface area contributed by atoms with Gasteiger partial charge in [0.25, 0.3) is 5.56 Å². The number of hydrogen-bond acceptors (Lipinski definition) is 7. The smallest absolute Gasteiger partial charge is 0.276 e. The molecule has 0 bridgehead atoms. The maximum atomic E-state index is 12.7. The van der Waals surface area contributed by atoms with Crippen LogP contribution < -0.4 is 20.8 Å². The summed E-state index contributed by atoms with van der Waals surface area (Å²) in [6, 6.07) is 5.27. The van der Waals surface area contributed by atoms with E-state index in [9.17, 15) is 4.79 Å². The topological polar surface area (TPSA) is 119 Å². The van der Waals surface area contributed by atoms with E-state index < -0.39 is 0 Å². The van der Waals surface area contributed by atoms with Crippen LogP contribution in [0.4, 0.5) is 17.2 Å². The van der Waals surface area contributed by atoms with E-state index in [0.717, 1.165) is 36.9 Å². The van der Waals surface area contributed by atoms with Crippen LogP contribution >= 0.6 is 0 Å². The molecule has 0 atom stereocenters. The van der Waals surface area contributed by atoms with Crippen molar-refractivity contribution < 1.29 is 9.47 Å². The predicted molar refractivity (Wildman–Crippen MR) is 93.6 cm³/mol. The first-order chi connectivity index (χ1) is 12.7. The fraction of sp³-hybridized carbons (Fsp3) is 0.294. The van der Waals surface area contributed by atoms with Crippen molar-refractivity contribution in [3.05, 3.63) is 39.8 Å². The van der Waals surface area contributed by atoms with Gasteiger partial charge in [-0.05, 0) is 37.8 Å². The molecule has 26 heavy (non-hydrogen) atoms. The molecule has 5 rings (SSSR count). The molecule has 0 fully saturated rings. The van der Waals surface area contributed by atoms with Gasteiger partial charge in [-0.25, -0.2) is 4.98 Å². The molecule has 0 radical (unpaired) electrons. The Kier molecular flexibility index (Phi) is 3.21. The Morgan fingerprint density at radius 2 is 2.00 bits per heavy atom. The first-order valence-electron chi connectivity index (χ1n) is 8.44. The Hall–Kier alpha value is -3.36. The van der Waals surface area contributed by atoms with Gasteiger partial charge in [0.05, 0.1) is 11.4 Å². The summed E-state index contributed by atoms with van der Waals surface area (Å²) in [4.78, 5) is 17.3. The number of nitrogens with two attached hydrogens (primary N) is 1. The summed E-state index contributed by atoms with van der Waals surface area (Å²) in [6.45, 7) is 0.198. The maximum Gasteiger partial charge on any atom is 0.276 e. The summed E-state index contributed by atoms with van der Waals surface area (Å²) in [5.74, 6) is 1.55. The van der Waals surface area contributed by atoms with Crippen LogP contribution in [0.2, 0.25) is 0 Å². The van der Waals surface area contributed by atoms with E-state index in [1.54, 1.807) is 18.2 Å². The quantitative estimate of drug-likeness (QED) is 0.687. The van der Waals surface area contributed by atoms with E-state index in [1.807, 2.05) is 0 Å². The molecule has 3 N–H and O–H groups in total. The molecule has 9 nitrogen and oxygen atoms in total. The van der Waals surface area contributed by atoms with Crippen molar-refractivity contribution in [2.75, 3.05) is 12.5 Å². The van der Waals surface area contributed by atoms with Crippen molar-refractivity contribution in [3.63, 3.8) is 0 Å². The summed E-state index contributed by atoms with van der Waals surface area (Å²) >= 11 is 0. The number of azo groups is 1. The average molecular weight is 352 g/mol. The number of benzene rings is 1. The van der Waals surface area contributed by atoms with Crippen LogP contribution in [-0.2, 0) is 12.8 Å². The molecule has 9 heteroatoms. The largest absolute Gasteiger partial charge is 0.454 e. The third-order valence-electron chi connectivity index (χ3n) is 4.67. The van der Waals surface area contributed by atoms with Crippen LogP contribution in [0.1, 0.15) is 24.1 Å². The highest BCUT2D eigenvalue weighted by Gasteiger charge is 2.21. The molecule has 1 aliphatic carbocycles. The molecule has 0 spiro atoms. The van der Waals surface area contributed by atoms with Gasteiger partial charge in [-0.2, -0.15) is 9.63 Å². The van der Waals surface area contributed by atoms with Gasteiger partial charge >= 0.3 is 0 Å². The van der Waals surface area contributed by atoms with Gasteiger partial charge in [-0.3, -0.25) is 9.89 Å². The van der Waals surface area contributed by atoms with Crippen molar-refractivity contribution in [2.24, 2.45) is 10.2 Å². The Morgan fingerprint density at radius 1 is 1.15 bits per heavy atom. The van der Waals surface area contributed by atoms with Crippen LogP contribution in [0.3, 0.4) is 0 Å². The predicted octanol–water partition coefficient (Wildman–Crippen LogP) is 2.63. The van der Waals surface area contributed by atoms with Crippen molar-refractivity contribution in [3.8, 4) is 11.5 Å². The number of hydrogen-bond donors (Lipinski definition) is 2. The number of ether oxygens (including phenoxy) is 2. The number of nitrogen functional groups attached to an aromatic ring is 1. The molecule has 0 saturated carbocycles. The number of aryl methyl sites for hydroxylation is 1. The molecule has 1 aliphatic heterocycles. The molecule has 0 saturated heterocycles. The molecule has 0 amide bonds. The number of aromatic amines is 1. The van der Waals surface area contributed by atoms with E-state index in [2.05, 4.69) is 20.3 Å². The van der Waals surface area contributed by atoms with Crippen LogP contribution in [0, 0.1) is 0 Å². The highest BCUT2D eigenvalue weighted by molar-refractivity contribution is 5.75. The van der Waals surface area contributed by atoms with Crippen molar-refractivity contribution in [1.29, 1.82) is 0 Å². The van der Waals surface area contributed by atoms with Crippen LogP contribution in [0.25, 0.3) is 5.65 Å². The minimum absolute atomic E-state index is 0.110. The maximum absolute atomic E-state index is 12.7. The second-order valence-corrected chi connectivity index (χ2v) is 6.32. The van der Waals surface area contributed by atoms with Gasteiger partial charge in [-0.15, -0.1) is 5.11 Å². The number of fused-ring (bicyclic) bond motifs is 3. The monoisotopic (exact) mass is 352 g/mol. The van der Waals surface area contributed by atoms with Crippen molar-refractivity contribution in [1.82, 2.24) is 14.6 Å². The third-order valence-corrected chi connectivity index (χ3v) is 4.67.